The van der Waals surface area contributed by atoms with Crippen molar-refractivity contribution < 1.29 is 18.3 Å². The van der Waals surface area contributed by atoms with Crippen LogP contribution in [0.3, 0.4) is 0 Å². The number of benzene rings is 1. The van der Waals surface area contributed by atoms with Crippen LogP contribution in [0.25, 0.3) is 0 Å². The highest BCUT2D eigenvalue weighted by atomic mass is 32.2. The first-order valence-electron chi connectivity index (χ1n) is 6.61. The Hall–Kier alpha value is -1.40. The number of hydrogen-bond donors (Lipinski definition) is 1. The molecule has 1 fully saturated rings. The van der Waals surface area contributed by atoms with E-state index in [2.05, 4.69) is 0 Å². The van der Waals surface area contributed by atoms with Crippen LogP contribution >= 0.6 is 0 Å². The molecule has 1 heterocycles. The van der Waals surface area contributed by atoms with Gasteiger partial charge in [0.15, 0.2) is 9.84 Å². The minimum atomic E-state index is -3.29. The van der Waals surface area contributed by atoms with Crippen molar-refractivity contribution in [3.05, 3.63) is 29.8 Å². The fraction of sp³-hybridized carbons (Fsp3) is 0.500. The summed E-state index contributed by atoms with van der Waals surface area (Å²) in [5, 5.41) is 10.00. The van der Waals surface area contributed by atoms with Gasteiger partial charge in [0.2, 0.25) is 5.91 Å². The van der Waals surface area contributed by atoms with Gasteiger partial charge in [0.25, 0.3) is 0 Å². The second-order valence-electron chi connectivity index (χ2n) is 5.17. The van der Waals surface area contributed by atoms with Crippen molar-refractivity contribution in [3.63, 3.8) is 0 Å². The number of sulfone groups is 1. The molecule has 1 aromatic carbocycles. The smallest absolute Gasteiger partial charge is 0.227 e. The van der Waals surface area contributed by atoms with Crippen LogP contribution in [-0.2, 0) is 14.6 Å². The number of aliphatic hydroxyl groups excluding tert-OH is 1. The Labute approximate surface area is 119 Å². The standard InChI is InChI=1S/C14H19NO4S/c1-3-14(17)15(11-6-4-5-10(2)7-11)12-8-20(18,19)9-13(12)16/h4-7,12-13,16H,3,8-9H2,1-2H3. The van der Waals surface area contributed by atoms with Crippen LogP contribution in [0.2, 0.25) is 0 Å². The second kappa shape index (κ2) is 5.54. The summed E-state index contributed by atoms with van der Waals surface area (Å²) in [6, 6.07) is 6.61. The minimum absolute atomic E-state index is 0.184. The number of aliphatic hydroxyl groups is 1. The first-order chi connectivity index (χ1) is 9.34. The molecule has 0 spiro atoms. The molecule has 1 amide bonds. The van der Waals surface area contributed by atoms with Gasteiger partial charge in [0.1, 0.15) is 0 Å². The van der Waals surface area contributed by atoms with E-state index in [0.717, 1.165) is 5.56 Å². The lowest BCUT2D eigenvalue weighted by Crippen LogP contribution is -2.46. The Balaban J connectivity index is 2.41. The topological polar surface area (TPSA) is 74.7 Å². The van der Waals surface area contributed by atoms with Crippen LogP contribution in [0.1, 0.15) is 18.9 Å². The number of carbonyl (C=O) groups is 1. The van der Waals surface area contributed by atoms with Gasteiger partial charge in [-0.15, -0.1) is 0 Å². The Morgan fingerprint density at radius 2 is 2.10 bits per heavy atom. The van der Waals surface area contributed by atoms with E-state index in [9.17, 15) is 18.3 Å². The highest BCUT2D eigenvalue weighted by Gasteiger charge is 2.42. The number of anilines is 1. The summed E-state index contributed by atoms with van der Waals surface area (Å²) >= 11 is 0. The molecule has 0 bridgehead atoms. The van der Waals surface area contributed by atoms with Gasteiger partial charge in [-0.25, -0.2) is 8.42 Å². The molecule has 0 aromatic heterocycles. The zero-order chi connectivity index (χ0) is 14.9. The van der Waals surface area contributed by atoms with Gasteiger partial charge in [-0.1, -0.05) is 19.1 Å². The second-order valence-corrected chi connectivity index (χ2v) is 7.32. The van der Waals surface area contributed by atoms with Gasteiger partial charge >= 0.3 is 0 Å². The zero-order valence-electron chi connectivity index (χ0n) is 11.6. The van der Waals surface area contributed by atoms with Crippen molar-refractivity contribution in [2.24, 2.45) is 0 Å². The first kappa shape index (κ1) is 15.0. The largest absolute Gasteiger partial charge is 0.390 e. The third kappa shape index (κ3) is 3.02. The normalized spacial score (nSPS) is 24.6. The lowest BCUT2D eigenvalue weighted by atomic mass is 10.1. The fourth-order valence-corrected chi connectivity index (χ4v) is 4.30. The van der Waals surface area contributed by atoms with E-state index in [0.29, 0.717) is 5.69 Å². The van der Waals surface area contributed by atoms with E-state index in [1.807, 2.05) is 25.1 Å². The summed E-state index contributed by atoms with van der Waals surface area (Å²) in [5.74, 6) is -0.651. The van der Waals surface area contributed by atoms with E-state index in [1.165, 1.54) is 4.90 Å². The Bertz CT molecular complexity index is 611. The van der Waals surface area contributed by atoms with Crippen molar-refractivity contribution >= 4 is 21.4 Å². The molecule has 1 aromatic rings. The third-order valence-corrected chi connectivity index (χ3v) is 5.17. The number of carbonyl (C=O) groups excluding carboxylic acids is 1. The molecule has 1 N–H and O–H groups in total. The van der Waals surface area contributed by atoms with Crippen LogP contribution in [0.5, 0.6) is 0 Å². The van der Waals surface area contributed by atoms with Crippen LogP contribution < -0.4 is 4.90 Å². The van der Waals surface area contributed by atoms with Crippen LogP contribution in [0, 0.1) is 6.92 Å². The molecule has 6 heteroatoms. The molecule has 0 radical (unpaired) electrons. The molecular weight excluding hydrogens is 278 g/mol. The molecular formula is C14H19NO4S. The molecule has 110 valence electrons. The van der Waals surface area contributed by atoms with Crippen molar-refractivity contribution in [1.29, 1.82) is 0 Å². The van der Waals surface area contributed by atoms with Gasteiger partial charge in [-0.3, -0.25) is 4.79 Å². The van der Waals surface area contributed by atoms with Crippen LogP contribution in [0.15, 0.2) is 24.3 Å². The van der Waals surface area contributed by atoms with Crippen molar-refractivity contribution in [3.8, 4) is 0 Å². The maximum atomic E-state index is 12.2. The Morgan fingerprint density at radius 1 is 1.40 bits per heavy atom. The van der Waals surface area contributed by atoms with Crippen molar-refractivity contribution in [2.75, 3.05) is 16.4 Å². The Kier molecular flexibility index (Phi) is 4.15. The average Bonchev–Trinajstić information content (AvgIpc) is 2.63. The number of nitrogens with zero attached hydrogens (tertiary/aromatic N) is 1. The molecule has 1 saturated heterocycles. The molecule has 2 unspecified atom stereocenters. The van der Waals surface area contributed by atoms with Gasteiger partial charge in [-0.2, -0.15) is 0 Å². The lowest BCUT2D eigenvalue weighted by Gasteiger charge is -2.30. The van der Waals surface area contributed by atoms with Crippen LogP contribution in [-0.4, -0.2) is 43.1 Å². The van der Waals surface area contributed by atoms with E-state index < -0.39 is 22.0 Å². The zero-order valence-corrected chi connectivity index (χ0v) is 12.4. The quantitative estimate of drug-likeness (QED) is 0.899. The molecule has 1 aliphatic rings. The molecule has 2 rings (SSSR count). The highest BCUT2D eigenvalue weighted by molar-refractivity contribution is 7.91. The minimum Gasteiger partial charge on any atom is -0.390 e. The maximum Gasteiger partial charge on any atom is 0.227 e. The van der Waals surface area contributed by atoms with E-state index in [4.69, 9.17) is 0 Å². The SMILES string of the molecule is CCC(=O)N(c1cccc(C)c1)C1CS(=O)(=O)CC1O. The average molecular weight is 297 g/mol. The molecule has 0 aliphatic carbocycles. The molecule has 1 aliphatic heterocycles. The van der Waals surface area contributed by atoms with E-state index in [-0.39, 0.29) is 23.8 Å². The summed E-state index contributed by atoms with van der Waals surface area (Å²) < 4.78 is 23.3. The number of hydrogen-bond acceptors (Lipinski definition) is 4. The Morgan fingerprint density at radius 3 is 2.60 bits per heavy atom. The number of aryl methyl sites for hydroxylation is 1. The fourth-order valence-electron chi connectivity index (χ4n) is 2.53. The number of amides is 1. The lowest BCUT2D eigenvalue weighted by molar-refractivity contribution is -0.119. The third-order valence-electron chi connectivity index (χ3n) is 3.48. The summed E-state index contributed by atoms with van der Waals surface area (Å²) in [6.07, 6.45) is -0.770. The van der Waals surface area contributed by atoms with E-state index in [1.54, 1.807) is 13.0 Å². The predicted octanol–water partition coefficient (Wildman–Crippen LogP) is 0.896. The van der Waals surface area contributed by atoms with Gasteiger partial charge in [0, 0.05) is 12.1 Å². The molecule has 0 saturated carbocycles. The molecule has 20 heavy (non-hydrogen) atoms. The van der Waals surface area contributed by atoms with Gasteiger partial charge in [-0.05, 0) is 24.6 Å². The highest BCUT2D eigenvalue weighted by Crippen LogP contribution is 2.26. The summed E-state index contributed by atoms with van der Waals surface area (Å²) in [5.41, 5.74) is 1.62. The van der Waals surface area contributed by atoms with Crippen molar-refractivity contribution in [2.45, 2.75) is 32.4 Å². The van der Waals surface area contributed by atoms with E-state index >= 15 is 0 Å². The first-order valence-corrected chi connectivity index (χ1v) is 8.43. The van der Waals surface area contributed by atoms with Crippen LogP contribution in [0.4, 0.5) is 5.69 Å². The monoisotopic (exact) mass is 297 g/mol. The maximum absolute atomic E-state index is 12.2. The summed E-state index contributed by atoms with van der Waals surface area (Å²) in [4.78, 5) is 13.6. The van der Waals surface area contributed by atoms with Crippen molar-refractivity contribution in [1.82, 2.24) is 0 Å². The summed E-state index contributed by atoms with van der Waals surface area (Å²) in [6.45, 7) is 3.63. The predicted molar refractivity (Wildman–Crippen MR) is 77.4 cm³/mol. The van der Waals surface area contributed by atoms with Gasteiger partial charge < -0.3 is 10.0 Å². The molecule has 2 atom stereocenters. The number of rotatable bonds is 3. The summed E-state index contributed by atoms with van der Waals surface area (Å²) in [7, 11) is -3.29. The van der Waals surface area contributed by atoms with Gasteiger partial charge in [0.05, 0.1) is 23.7 Å². The molecule has 5 nitrogen and oxygen atoms in total.